The molecule has 0 amide bonds. The van der Waals surface area contributed by atoms with Crippen LogP contribution >= 0.6 is 35.6 Å². The first-order chi connectivity index (χ1) is 13.2. The predicted molar refractivity (Wildman–Crippen MR) is 126 cm³/mol. The Bertz CT molecular complexity index is 895. The lowest BCUT2D eigenvalue weighted by atomic mass is 10.1. The number of benzene rings is 2. The van der Waals surface area contributed by atoms with Crippen molar-refractivity contribution in [2.45, 2.75) is 19.6 Å². The summed E-state index contributed by atoms with van der Waals surface area (Å²) in [7, 11) is 3.80. The first-order valence-corrected chi connectivity index (χ1v) is 9.22. The van der Waals surface area contributed by atoms with E-state index in [1.54, 1.807) is 13.2 Å². The minimum Gasteiger partial charge on any atom is -0.352 e. The van der Waals surface area contributed by atoms with E-state index in [0.717, 1.165) is 23.1 Å². The third kappa shape index (κ3) is 6.24. The number of hydrogen-bond acceptors (Lipinski definition) is 2. The molecule has 148 valence electrons. The highest BCUT2D eigenvalue weighted by molar-refractivity contribution is 14.0. The minimum absolute atomic E-state index is 0. The fraction of sp³-hybridized carbons (Fsp3) is 0.238. The Morgan fingerprint density at radius 1 is 1.18 bits per heavy atom. The van der Waals surface area contributed by atoms with Gasteiger partial charge >= 0.3 is 0 Å². The van der Waals surface area contributed by atoms with Gasteiger partial charge in [0.05, 0.1) is 6.33 Å². The maximum absolute atomic E-state index is 6.27. The van der Waals surface area contributed by atoms with Gasteiger partial charge in [-0.15, -0.1) is 24.0 Å². The summed E-state index contributed by atoms with van der Waals surface area (Å²) in [6.45, 7) is 2.21. The Kier molecular flexibility index (Phi) is 8.79. The molecule has 1 N–H and O–H groups in total. The van der Waals surface area contributed by atoms with Crippen molar-refractivity contribution >= 4 is 41.5 Å². The van der Waals surface area contributed by atoms with E-state index in [1.165, 1.54) is 11.1 Å². The van der Waals surface area contributed by atoms with Crippen LogP contribution in [0.5, 0.6) is 0 Å². The molecule has 0 radical (unpaired) electrons. The summed E-state index contributed by atoms with van der Waals surface area (Å²) in [5.74, 6) is 0.829. The topological polar surface area (TPSA) is 45.5 Å². The summed E-state index contributed by atoms with van der Waals surface area (Å²) in [4.78, 5) is 10.5. The molecule has 0 saturated heterocycles. The van der Waals surface area contributed by atoms with Crippen LogP contribution < -0.4 is 5.32 Å². The second-order valence-electron chi connectivity index (χ2n) is 6.40. The maximum atomic E-state index is 6.27. The summed E-state index contributed by atoms with van der Waals surface area (Å²) >= 11 is 6.27. The van der Waals surface area contributed by atoms with E-state index in [0.29, 0.717) is 13.1 Å². The Labute approximate surface area is 188 Å². The first kappa shape index (κ1) is 22.2. The summed E-state index contributed by atoms with van der Waals surface area (Å²) in [6, 6.07) is 16.4. The number of nitrogens with one attached hydrogen (secondary N) is 1. The molecule has 7 heteroatoms. The van der Waals surface area contributed by atoms with Gasteiger partial charge in [-0.3, -0.25) is 4.99 Å². The van der Waals surface area contributed by atoms with Crippen molar-refractivity contribution in [3.63, 3.8) is 0 Å². The molecule has 28 heavy (non-hydrogen) atoms. The first-order valence-electron chi connectivity index (χ1n) is 8.84. The van der Waals surface area contributed by atoms with Crippen LogP contribution in [-0.4, -0.2) is 34.5 Å². The van der Waals surface area contributed by atoms with Gasteiger partial charge in [-0.2, -0.15) is 0 Å². The van der Waals surface area contributed by atoms with Crippen molar-refractivity contribution in [2.24, 2.45) is 4.99 Å². The fourth-order valence-electron chi connectivity index (χ4n) is 2.95. The molecular formula is C21H25ClIN5. The SMILES string of the molecule is CN=C(NCc1cccc(Cn2ccnc2)c1)N(C)Cc1ccccc1Cl.I. The van der Waals surface area contributed by atoms with Crippen molar-refractivity contribution in [3.8, 4) is 0 Å². The lowest BCUT2D eigenvalue weighted by molar-refractivity contribution is 0.476. The Morgan fingerprint density at radius 2 is 1.96 bits per heavy atom. The smallest absolute Gasteiger partial charge is 0.193 e. The van der Waals surface area contributed by atoms with Crippen LogP contribution in [0.4, 0.5) is 0 Å². The molecule has 0 fully saturated rings. The number of aliphatic imine (C=N–C) groups is 1. The van der Waals surface area contributed by atoms with Crippen LogP contribution in [-0.2, 0) is 19.6 Å². The molecule has 1 aromatic heterocycles. The zero-order chi connectivity index (χ0) is 19.1. The van der Waals surface area contributed by atoms with E-state index < -0.39 is 0 Å². The third-order valence-electron chi connectivity index (χ3n) is 4.31. The fourth-order valence-corrected chi connectivity index (χ4v) is 3.15. The van der Waals surface area contributed by atoms with Crippen LogP contribution in [0.15, 0.2) is 72.2 Å². The molecule has 0 atom stereocenters. The van der Waals surface area contributed by atoms with Crippen molar-refractivity contribution < 1.29 is 0 Å². The molecule has 0 unspecified atom stereocenters. The quantitative estimate of drug-likeness (QED) is 0.304. The van der Waals surface area contributed by atoms with Gasteiger partial charge in [-0.05, 0) is 22.8 Å². The number of halogens is 2. The summed E-state index contributed by atoms with van der Waals surface area (Å²) in [6.07, 6.45) is 5.59. The van der Waals surface area contributed by atoms with Gasteiger partial charge in [-0.25, -0.2) is 4.98 Å². The molecule has 0 aliphatic carbocycles. The van der Waals surface area contributed by atoms with Crippen LogP contribution in [0.1, 0.15) is 16.7 Å². The van der Waals surface area contributed by atoms with Gasteiger partial charge in [0.15, 0.2) is 5.96 Å². The molecule has 0 aliphatic heterocycles. The van der Waals surface area contributed by atoms with Crippen LogP contribution in [0.3, 0.4) is 0 Å². The van der Waals surface area contributed by atoms with Gasteiger partial charge in [0.25, 0.3) is 0 Å². The Balaban J connectivity index is 0.00000280. The van der Waals surface area contributed by atoms with Gasteiger partial charge in [0.2, 0.25) is 0 Å². The van der Waals surface area contributed by atoms with E-state index >= 15 is 0 Å². The molecular weight excluding hydrogens is 485 g/mol. The van der Waals surface area contributed by atoms with Crippen LogP contribution in [0, 0.1) is 0 Å². The number of guanidine groups is 1. The summed E-state index contributed by atoms with van der Waals surface area (Å²) < 4.78 is 2.06. The number of nitrogens with zero attached hydrogens (tertiary/aromatic N) is 4. The molecule has 3 rings (SSSR count). The average Bonchev–Trinajstić information content (AvgIpc) is 3.17. The Hall–Kier alpha value is -2.06. The molecule has 1 heterocycles. The van der Waals surface area contributed by atoms with E-state index in [1.807, 2.05) is 43.8 Å². The average molecular weight is 510 g/mol. The number of imidazole rings is 1. The van der Waals surface area contributed by atoms with Crippen molar-refractivity contribution in [3.05, 3.63) is 89.0 Å². The molecule has 0 spiro atoms. The van der Waals surface area contributed by atoms with Gasteiger partial charge < -0.3 is 14.8 Å². The lowest BCUT2D eigenvalue weighted by Gasteiger charge is -2.22. The molecule has 0 bridgehead atoms. The highest BCUT2D eigenvalue weighted by atomic mass is 127. The lowest BCUT2D eigenvalue weighted by Crippen LogP contribution is -2.38. The van der Waals surface area contributed by atoms with Crippen LogP contribution in [0.25, 0.3) is 0 Å². The normalized spacial score (nSPS) is 11.0. The highest BCUT2D eigenvalue weighted by Crippen LogP contribution is 2.16. The van der Waals surface area contributed by atoms with E-state index in [4.69, 9.17) is 11.6 Å². The van der Waals surface area contributed by atoms with Gasteiger partial charge in [0, 0.05) is 51.1 Å². The molecule has 0 aliphatic rings. The van der Waals surface area contributed by atoms with Crippen molar-refractivity contribution in [1.29, 1.82) is 0 Å². The van der Waals surface area contributed by atoms with Crippen molar-refractivity contribution in [1.82, 2.24) is 19.8 Å². The second kappa shape index (κ2) is 11.1. The zero-order valence-electron chi connectivity index (χ0n) is 16.0. The molecule has 5 nitrogen and oxygen atoms in total. The maximum Gasteiger partial charge on any atom is 0.193 e. The number of hydrogen-bond donors (Lipinski definition) is 1. The van der Waals surface area contributed by atoms with E-state index in [9.17, 15) is 0 Å². The highest BCUT2D eigenvalue weighted by Gasteiger charge is 2.09. The Morgan fingerprint density at radius 3 is 2.68 bits per heavy atom. The monoisotopic (exact) mass is 509 g/mol. The largest absolute Gasteiger partial charge is 0.352 e. The minimum atomic E-state index is 0. The number of rotatable bonds is 6. The standard InChI is InChI=1S/C21H24ClN5.HI/c1-23-21(26(2)15-19-8-3-4-9-20(19)22)25-13-17-6-5-7-18(12-17)14-27-11-10-24-16-27;/h3-12,16H,13-15H2,1-2H3,(H,23,25);1H. The molecule has 0 saturated carbocycles. The summed E-state index contributed by atoms with van der Waals surface area (Å²) in [5.41, 5.74) is 3.53. The third-order valence-corrected chi connectivity index (χ3v) is 4.67. The van der Waals surface area contributed by atoms with Gasteiger partial charge in [0.1, 0.15) is 0 Å². The van der Waals surface area contributed by atoms with Crippen LogP contribution in [0.2, 0.25) is 5.02 Å². The molecule has 2 aromatic carbocycles. The summed E-state index contributed by atoms with van der Waals surface area (Å²) in [5, 5.41) is 4.20. The van der Waals surface area contributed by atoms with E-state index in [-0.39, 0.29) is 24.0 Å². The predicted octanol–water partition coefficient (Wildman–Crippen LogP) is 4.41. The zero-order valence-corrected chi connectivity index (χ0v) is 19.1. The van der Waals surface area contributed by atoms with E-state index in [2.05, 4.69) is 49.0 Å². The van der Waals surface area contributed by atoms with Crippen molar-refractivity contribution in [2.75, 3.05) is 14.1 Å². The second-order valence-corrected chi connectivity index (χ2v) is 6.81. The van der Waals surface area contributed by atoms with Gasteiger partial charge in [-0.1, -0.05) is 54.1 Å². The molecule has 3 aromatic rings. The number of aromatic nitrogens is 2.